The van der Waals surface area contributed by atoms with Crippen LogP contribution in [-0.4, -0.2) is 30.2 Å². The highest BCUT2D eigenvalue weighted by Gasteiger charge is 2.35. The molecule has 0 aromatic heterocycles. The van der Waals surface area contributed by atoms with Crippen molar-refractivity contribution in [3.8, 4) is 5.75 Å². The van der Waals surface area contributed by atoms with Crippen LogP contribution in [0.4, 0.5) is 15.8 Å². The fraction of sp³-hybridized carbons (Fsp3) is 0.333. The second kappa shape index (κ2) is 7.71. The first-order valence-corrected chi connectivity index (χ1v) is 9.42. The summed E-state index contributed by atoms with van der Waals surface area (Å²) in [6.45, 7) is 5.38. The molecule has 0 fully saturated rings. The van der Waals surface area contributed by atoms with Crippen molar-refractivity contribution in [3.63, 3.8) is 0 Å². The summed E-state index contributed by atoms with van der Waals surface area (Å²) in [6, 6.07) is 8.17. The van der Waals surface area contributed by atoms with Gasteiger partial charge in [0.1, 0.15) is 11.6 Å². The number of nitrogens with one attached hydrogen (secondary N) is 1. The number of ether oxygens (including phenoxy) is 2. The number of hydrogen-bond acceptors (Lipinski definition) is 6. The molecule has 0 saturated carbocycles. The van der Waals surface area contributed by atoms with Gasteiger partial charge < -0.3 is 24.9 Å². The molecule has 0 saturated heterocycles. The number of oxime groups is 1. The summed E-state index contributed by atoms with van der Waals surface area (Å²) in [5, 5.41) is 15.9. The van der Waals surface area contributed by atoms with E-state index in [2.05, 4.69) is 24.3 Å². The molecule has 4 rings (SSSR count). The maximum absolute atomic E-state index is 14.1. The molecule has 0 bridgehead atoms. The van der Waals surface area contributed by atoms with Gasteiger partial charge in [-0.1, -0.05) is 19.0 Å². The van der Waals surface area contributed by atoms with Crippen molar-refractivity contribution in [1.29, 1.82) is 0 Å². The van der Waals surface area contributed by atoms with Gasteiger partial charge >= 0.3 is 0 Å². The number of amides is 1. The second-order valence-corrected chi connectivity index (χ2v) is 7.51. The van der Waals surface area contributed by atoms with Crippen LogP contribution in [0.1, 0.15) is 30.5 Å². The number of rotatable bonds is 5. The zero-order valence-corrected chi connectivity index (χ0v) is 16.2. The Kier molecular flexibility index (Phi) is 5.10. The maximum Gasteiger partial charge on any atom is 0.281 e. The molecule has 152 valence electrons. The van der Waals surface area contributed by atoms with Gasteiger partial charge in [0.2, 0.25) is 0 Å². The highest BCUT2D eigenvalue weighted by atomic mass is 19.1. The quantitative estimate of drug-likeness (QED) is 0.594. The van der Waals surface area contributed by atoms with Gasteiger partial charge in [0.05, 0.1) is 18.8 Å². The van der Waals surface area contributed by atoms with Gasteiger partial charge in [-0.15, -0.1) is 0 Å². The van der Waals surface area contributed by atoms with Crippen LogP contribution in [-0.2, 0) is 22.7 Å². The van der Waals surface area contributed by atoms with Gasteiger partial charge in [0, 0.05) is 28.9 Å². The van der Waals surface area contributed by atoms with Crippen LogP contribution in [0.2, 0.25) is 0 Å². The molecule has 2 aromatic rings. The summed E-state index contributed by atoms with van der Waals surface area (Å²) in [7, 11) is 0. The minimum atomic E-state index is -0.450. The number of anilines is 2. The molecule has 7 nitrogen and oxygen atoms in total. The lowest BCUT2D eigenvalue weighted by Gasteiger charge is -2.24. The molecule has 0 spiro atoms. The largest absolute Gasteiger partial charge is 0.467 e. The third-order valence-electron chi connectivity index (χ3n) is 4.88. The molecule has 2 aromatic carbocycles. The molecule has 0 radical (unpaired) electrons. The summed E-state index contributed by atoms with van der Waals surface area (Å²) in [4.78, 5) is 14.3. The minimum absolute atomic E-state index is 0.0391. The maximum atomic E-state index is 14.1. The highest BCUT2D eigenvalue weighted by molar-refractivity contribution is 6.54. The van der Waals surface area contributed by atoms with E-state index >= 15 is 0 Å². The predicted molar refractivity (Wildman–Crippen MR) is 106 cm³/mol. The first kappa shape index (κ1) is 19.2. The van der Waals surface area contributed by atoms with Gasteiger partial charge in [-0.25, -0.2) is 4.39 Å². The number of nitrogens with zero attached hydrogens (tertiary/aromatic N) is 2. The Labute approximate surface area is 167 Å². The van der Waals surface area contributed by atoms with E-state index in [1.54, 1.807) is 12.1 Å². The smallest absolute Gasteiger partial charge is 0.281 e. The molecule has 2 N–H and O–H groups in total. The molecule has 2 heterocycles. The van der Waals surface area contributed by atoms with E-state index in [4.69, 9.17) is 9.47 Å². The van der Waals surface area contributed by atoms with Crippen LogP contribution in [0.3, 0.4) is 0 Å². The number of benzene rings is 2. The van der Waals surface area contributed by atoms with Crippen LogP contribution < -0.4 is 15.0 Å². The molecular formula is C21H22FN3O4. The minimum Gasteiger partial charge on any atom is -0.467 e. The summed E-state index contributed by atoms with van der Waals surface area (Å²) in [5.41, 5.74) is 3.05. The van der Waals surface area contributed by atoms with E-state index in [1.165, 1.54) is 17.0 Å². The van der Waals surface area contributed by atoms with Crippen LogP contribution in [0.5, 0.6) is 5.75 Å². The lowest BCUT2D eigenvalue weighted by Crippen LogP contribution is -2.30. The Morgan fingerprint density at radius 2 is 2.14 bits per heavy atom. The lowest BCUT2D eigenvalue weighted by atomic mass is 10.1. The number of hydrogen-bond donors (Lipinski definition) is 2. The first-order valence-electron chi connectivity index (χ1n) is 9.42. The molecule has 0 unspecified atom stereocenters. The van der Waals surface area contributed by atoms with Crippen LogP contribution in [0.15, 0.2) is 35.5 Å². The van der Waals surface area contributed by atoms with Gasteiger partial charge in [-0.2, -0.15) is 0 Å². The number of fused-ring (bicyclic) bond motifs is 2. The molecule has 0 atom stereocenters. The fourth-order valence-corrected chi connectivity index (χ4v) is 3.54. The van der Waals surface area contributed by atoms with E-state index in [1.807, 2.05) is 6.07 Å². The molecule has 0 aliphatic carbocycles. The third-order valence-corrected chi connectivity index (χ3v) is 4.88. The van der Waals surface area contributed by atoms with Crippen molar-refractivity contribution in [1.82, 2.24) is 0 Å². The van der Waals surface area contributed by atoms with E-state index in [0.29, 0.717) is 34.0 Å². The Morgan fingerprint density at radius 1 is 1.31 bits per heavy atom. The second-order valence-electron chi connectivity index (χ2n) is 7.51. The van der Waals surface area contributed by atoms with E-state index in [-0.39, 0.29) is 25.7 Å². The average molecular weight is 399 g/mol. The summed E-state index contributed by atoms with van der Waals surface area (Å²) in [5.74, 6) is 0.102. The van der Waals surface area contributed by atoms with Gasteiger partial charge in [-0.3, -0.25) is 4.79 Å². The van der Waals surface area contributed by atoms with E-state index in [9.17, 15) is 14.4 Å². The van der Waals surface area contributed by atoms with Crippen molar-refractivity contribution in [2.24, 2.45) is 11.1 Å². The molecule has 1 amide bonds. The van der Waals surface area contributed by atoms with Crippen LogP contribution in [0, 0.1) is 11.7 Å². The Bertz CT molecular complexity index is 990. The van der Waals surface area contributed by atoms with Crippen molar-refractivity contribution in [2.75, 3.05) is 23.6 Å². The Hall–Kier alpha value is -3.13. The highest BCUT2D eigenvalue weighted by Crippen LogP contribution is 2.36. The van der Waals surface area contributed by atoms with Crippen molar-refractivity contribution in [3.05, 3.63) is 52.8 Å². The fourth-order valence-electron chi connectivity index (χ4n) is 3.54. The molecule has 29 heavy (non-hydrogen) atoms. The van der Waals surface area contributed by atoms with E-state index in [0.717, 1.165) is 12.2 Å². The topological polar surface area (TPSA) is 83.4 Å². The van der Waals surface area contributed by atoms with Crippen LogP contribution in [0.25, 0.3) is 0 Å². The summed E-state index contributed by atoms with van der Waals surface area (Å²) < 4.78 is 24.8. The predicted octanol–water partition coefficient (Wildman–Crippen LogP) is 3.49. The monoisotopic (exact) mass is 399 g/mol. The van der Waals surface area contributed by atoms with Crippen molar-refractivity contribution < 1.29 is 23.9 Å². The molecule has 2 aliphatic heterocycles. The van der Waals surface area contributed by atoms with Gasteiger partial charge in [0.15, 0.2) is 12.5 Å². The third kappa shape index (κ3) is 3.63. The Morgan fingerprint density at radius 3 is 2.90 bits per heavy atom. The number of carbonyl (C=O) groups excluding carboxylic acids is 1. The number of halogens is 1. The Balaban J connectivity index is 1.68. The lowest BCUT2D eigenvalue weighted by molar-refractivity contribution is -0.112. The molecule has 8 heteroatoms. The normalized spacial score (nSPS) is 16.8. The van der Waals surface area contributed by atoms with Crippen LogP contribution >= 0.6 is 0 Å². The zero-order valence-electron chi connectivity index (χ0n) is 16.2. The first-order chi connectivity index (χ1) is 14.0. The average Bonchev–Trinajstić information content (AvgIpc) is 2.96. The summed E-state index contributed by atoms with van der Waals surface area (Å²) >= 11 is 0. The number of carbonyl (C=O) groups is 1. The molecular weight excluding hydrogens is 377 g/mol. The standard InChI is InChI=1S/C21H22FN3O4/c1-12(2)8-23-16-3-4-18-17(7-16)19(24-27)21(26)25(18)9-13-5-15(22)6-14-10-28-11-29-20(13)14/h3-7,12,23,27H,8-11H2,1-2H3/b24-19-. The SMILES string of the molecule is CC(C)CNc1ccc2c(c1)/C(=N/O)C(=O)N2Cc1cc(F)cc2c1OCOC2. The van der Waals surface area contributed by atoms with E-state index < -0.39 is 11.7 Å². The van der Waals surface area contributed by atoms with Crippen molar-refractivity contribution >= 4 is 23.0 Å². The van der Waals surface area contributed by atoms with Gasteiger partial charge in [0.25, 0.3) is 5.91 Å². The molecule has 2 aliphatic rings. The summed E-state index contributed by atoms with van der Waals surface area (Å²) in [6.07, 6.45) is 0. The van der Waals surface area contributed by atoms with Crippen molar-refractivity contribution in [2.45, 2.75) is 27.0 Å². The zero-order chi connectivity index (χ0) is 20.5. The van der Waals surface area contributed by atoms with Gasteiger partial charge in [-0.05, 0) is 36.2 Å².